The van der Waals surface area contributed by atoms with E-state index in [0.29, 0.717) is 12.5 Å². The minimum absolute atomic E-state index is 0.109. The summed E-state index contributed by atoms with van der Waals surface area (Å²) in [6.07, 6.45) is 9.43. The maximum atomic E-state index is 11.9. The van der Waals surface area contributed by atoms with Crippen molar-refractivity contribution in [3.8, 4) is 12.3 Å². The zero-order valence-electron chi connectivity index (χ0n) is 11.3. The molecule has 0 aromatic rings. The lowest BCUT2D eigenvalue weighted by atomic mass is 10.0. The Hall–Kier alpha value is -0.570. The smallest absolute Gasteiger partial charge is 0.212 e. The number of hydrogen-bond donors (Lipinski definition) is 2. The van der Waals surface area contributed by atoms with Crippen molar-refractivity contribution < 1.29 is 8.42 Å². The van der Waals surface area contributed by atoms with Crippen LogP contribution in [0.5, 0.6) is 0 Å². The van der Waals surface area contributed by atoms with E-state index < -0.39 is 16.1 Å². The first-order valence-corrected chi connectivity index (χ1v) is 8.29. The number of sulfonamides is 1. The predicted molar refractivity (Wildman–Crippen MR) is 74.6 cm³/mol. The molecule has 1 fully saturated rings. The van der Waals surface area contributed by atoms with Gasteiger partial charge in [-0.1, -0.05) is 26.2 Å². The Kier molecular flexibility index (Phi) is 6.13. The van der Waals surface area contributed by atoms with Gasteiger partial charge in [0.1, 0.15) is 0 Å². The van der Waals surface area contributed by atoms with E-state index in [-0.39, 0.29) is 11.7 Å². The summed E-state index contributed by atoms with van der Waals surface area (Å²) >= 11 is 0. The van der Waals surface area contributed by atoms with Gasteiger partial charge in [0.15, 0.2) is 0 Å². The maximum Gasteiger partial charge on any atom is 0.212 e. The third-order valence-corrected chi connectivity index (χ3v) is 4.69. The molecule has 0 aliphatic carbocycles. The van der Waals surface area contributed by atoms with Gasteiger partial charge < -0.3 is 5.32 Å². The molecule has 0 saturated carbocycles. The normalized spacial score (nSPS) is 22.7. The minimum atomic E-state index is -3.27. The lowest BCUT2D eigenvalue weighted by Gasteiger charge is -2.24. The lowest BCUT2D eigenvalue weighted by molar-refractivity contribution is 0.392. The molecule has 2 N–H and O–H groups in total. The highest BCUT2D eigenvalue weighted by atomic mass is 32.2. The summed E-state index contributed by atoms with van der Waals surface area (Å²) in [7, 11) is -3.27. The van der Waals surface area contributed by atoms with E-state index in [9.17, 15) is 8.42 Å². The van der Waals surface area contributed by atoms with Crippen LogP contribution in [0, 0.1) is 18.3 Å². The summed E-state index contributed by atoms with van der Waals surface area (Å²) in [5, 5.41) is 3.35. The minimum Gasteiger partial charge on any atom is -0.314 e. The lowest BCUT2D eigenvalue weighted by Crippen LogP contribution is -2.41. The SMILES string of the molecule is C#CC(NS(=O)(=O)CCC1CCCCN1)C(C)C. The van der Waals surface area contributed by atoms with Gasteiger partial charge in [0.2, 0.25) is 10.0 Å². The van der Waals surface area contributed by atoms with Gasteiger partial charge in [-0.2, -0.15) is 0 Å². The van der Waals surface area contributed by atoms with E-state index in [2.05, 4.69) is 16.0 Å². The first-order chi connectivity index (χ1) is 8.44. The fourth-order valence-corrected chi connectivity index (χ4v) is 3.52. The monoisotopic (exact) mass is 272 g/mol. The van der Waals surface area contributed by atoms with Crippen molar-refractivity contribution in [3.05, 3.63) is 0 Å². The van der Waals surface area contributed by atoms with Crippen LogP contribution in [0.2, 0.25) is 0 Å². The van der Waals surface area contributed by atoms with Crippen LogP contribution < -0.4 is 10.0 Å². The Morgan fingerprint density at radius 3 is 2.67 bits per heavy atom. The van der Waals surface area contributed by atoms with Gasteiger partial charge in [0.25, 0.3) is 0 Å². The summed E-state index contributed by atoms with van der Waals surface area (Å²) in [4.78, 5) is 0. The van der Waals surface area contributed by atoms with Gasteiger partial charge in [0.05, 0.1) is 11.8 Å². The zero-order chi connectivity index (χ0) is 13.6. The first-order valence-electron chi connectivity index (χ1n) is 6.64. The van der Waals surface area contributed by atoms with Crippen LogP contribution in [0.4, 0.5) is 0 Å². The highest BCUT2D eigenvalue weighted by Gasteiger charge is 2.21. The fourth-order valence-electron chi connectivity index (χ4n) is 2.08. The number of terminal acetylenes is 1. The van der Waals surface area contributed by atoms with Gasteiger partial charge in [-0.15, -0.1) is 6.42 Å². The molecule has 1 heterocycles. The average Bonchev–Trinajstić information content (AvgIpc) is 2.35. The molecule has 0 spiro atoms. The molecule has 0 amide bonds. The second-order valence-electron chi connectivity index (χ2n) is 5.26. The van der Waals surface area contributed by atoms with E-state index in [1.807, 2.05) is 13.8 Å². The standard InChI is InChI=1S/C13H24N2O2S/c1-4-13(11(2)3)15-18(16,17)10-8-12-7-5-6-9-14-12/h1,11-15H,5-10H2,2-3H3. The second-order valence-corrected chi connectivity index (χ2v) is 7.13. The summed E-state index contributed by atoms with van der Waals surface area (Å²) in [6, 6.07) is -0.0759. The summed E-state index contributed by atoms with van der Waals surface area (Å²) in [6.45, 7) is 4.82. The van der Waals surface area contributed by atoms with Crippen molar-refractivity contribution in [2.45, 2.75) is 51.6 Å². The van der Waals surface area contributed by atoms with Crippen LogP contribution in [-0.4, -0.2) is 32.8 Å². The van der Waals surface area contributed by atoms with Crippen molar-refractivity contribution in [1.29, 1.82) is 0 Å². The quantitative estimate of drug-likeness (QED) is 0.712. The molecular weight excluding hydrogens is 248 g/mol. The molecular formula is C13H24N2O2S. The Labute approximate surface area is 111 Å². The van der Waals surface area contributed by atoms with Crippen LogP contribution in [-0.2, 0) is 10.0 Å². The molecule has 1 rings (SSSR count). The van der Waals surface area contributed by atoms with Crippen LogP contribution in [0.3, 0.4) is 0 Å². The molecule has 0 aromatic heterocycles. The molecule has 4 nitrogen and oxygen atoms in total. The highest BCUT2D eigenvalue weighted by Crippen LogP contribution is 2.11. The largest absolute Gasteiger partial charge is 0.314 e. The first kappa shape index (κ1) is 15.5. The van der Waals surface area contributed by atoms with Crippen LogP contribution in [0.25, 0.3) is 0 Å². The number of rotatable bonds is 6. The van der Waals surface area contributed by atoms with E-state index in [1.54, 1.807) is 0 Å². The van der Waals surface area contributed by atoms with E-state index in [4.69, 9.17) is 6.42 Å². The fraction of sp³-hybridized carbons (Fsp3) is 0.846. The molecule has 2 unspecified atom stereocenters. The van der Waals surface area contributed by atoms with Crippen LogP contribution in [0.1, 0.15) is 39.5 Å². The van der Waals surface area contributed by atoms with Crippen molar-refractivity contribution in [2.75, 3.05) is 12.3 Å². The van der Waals surface area contributed by atoms with Crippen molar-refractivity contribution >= 4 is 10.0 Å². The number of piperidine rings is 1. The molecule has 1 aliphatic heterocycles. The molecule has 0 aromatic carbocycles. The number of hydrogen-bond acceptors (Lipinski definition) is 3. The molecule has 0 radical (unpaired) electrons. The summed E-state index contributed by atoms with van der Waals surface area (Å²) in [5.41, 5.74) is 0. The van der Waals surface area contributed by atoms with Crippen molar-refractivity contribution in [3.63, 3.8) is 0 Å². The molecule has 5 heteroatoms. The molecule has 1 aliphatic rings. The predicted octanol–water partition coefficient (Wildman–Crippen LogP) is 1.10. The maximum absolute atomic E-state index is 11.9. The molecule has 18 heavy (non-hydrogen) atoms. The van der Waals surface area contributed by atoms with E-state index in [0.717, 1.165) is 13.0 Å². The number of nitrogens with one attached hydrogen (secondary N) is 2. The third kappa shape index (κ3) is 5.38. The Morgan fingerprint density at radius 2 is 2.17 bits per heavy atom. The molecule has 1 saturated heterocycles. The van der Waals surface area contributed by atoms with Gasteiger partial charge >= 0.3 is 0 Å². The van der Waals surface area contributed by atoms with Crippen LogP contribution in [0.15, 0.2) is 0 Å². The summed E-state index contributed by atoms with van der Waals surface area (Å²) in [5.74, 6) is 2.75. The zero-order valence-corrected chi connectivity index (χ0v) is 12.1. The molecule has 2 atom stereocenters. The van der Waals surface area contributed by atoms with Crippen molar-refractivity contribution in [1.82, 2.24) is 10.0 Å². The van der Waals surface area contributed by atoms with Gasteiger partial charge in [0, 0.05) is 6.04 Å². The van der Waals surface area contributed by atoms with Gasteiger partial charge in [-0.3, -0.25) is 0 Å². The van der Waals surface area contributed by atoms with Gasteiger partial charge in [-0.05, 0) is 31.7 Å². The highest BCUT2D eigenvalue weighted by molar-refractivity contribution is 7.89. The van der Waals surface area contributed by atoms with Crippen LogP contribution >= 0.6 is 0 Å². The molecule has 104 valence electrons. The van der Waals surface area contributed by atoms with Crippen molar-refractivity contribution in [2.24, 2.45) is 5.92 Å². The average molecular weight is 272 g/mol. The molecule has 0 bridgehead atoms. The second kappa shape index (κ2) is 7.13. The third-order valence-electron chi connectivity index (χ3n) is 3.30. The van der Waals surface area contributed by atoms with Gasteiger partial charge in [-0.25, -0.2) is 13.1 Å². The summed E-state index contributed by atoms with van der Waals surface area (Å²) < 4.78 is 26.4. The topological polar surface area (TPSA) is 58.2 Å². The van der Waals surface area contributed by atoms with E-state index in [1.165, 1.54) is 12.8 Å². The Balaban J connectivity index is 2.41. The Bertz CT molecular complexity index is 378. The Morgan fingerprint density at radius 1 is 1.44 bits per heavy atom. The van der Waals surface area contributed by atoms with E-state index >= 15 is 0 Å².